The van der Waals surface area contributed by atoms with Crippen molar-refractivity contribution in [2.24, 2.45) is 0 Å². The lowest BCUT2D eigenvalue weighted by atomic mass is 10.3. The maximum absolute atomic E-state index is 5.92. The number of hydrogen-bond acceptors (Lipinski definition) is 5. The minimum absolute atomic E-state index is 0.313. The van der Waals surface area contributed by atoms with Crippen LogP contribution in [0.5, 0.6) is 0 Å². The monoisotopic (exact) mass is 365 g/mol. The van der Waals surface area contributed by atoms with Gasteiger partial charge in [-0.3, -0.25) is 0 Å². The average Bonchev–Trinajstić information content (AvgIpc) is 2.55. The summed E-state index contributed by atoms with van der Waals surface area (Å²) >= 11 is 0. The molecule has 0 aliphatic carbocycles. The van der Waals surface area contributed by atoms with Crippen LogP contribution in [-0.4, -0.2) is 69.4 Å². The Kier molecular flexibility index (Phi) is 13.7. The van der Waals surface area contributed by atoms with Gasteiger partial charge in [0.2, 0.25) is 0 Å². The Morgan fingerprint density at radius 3 is 1.17 bits per heavy atom. The van der Waals surface area contributed by atoms with Crippen molar-refractivity contribution < 1.29 is 18.9 Å². The molecule has 5 nitrogen and oxygen atoms in total. The third-order valence-electron chi connectivity index (χ3n) is 4.07. The second-order valence-corrected chi connectivity index (χ2v) is 9.08. The van der Waals surface area contributed by atoms with Crippen LogP contribution in [0, 0.1) is 0 Å². The van der Waals surface area contributed by atoms with Crippen molar-refractivity contribution in [3.05, 3.63) is 0 Å². The van der Waals surface area contributed by atoms with Gasteiger partial charge in [0.1, 0.15) is 10.8 Å². The Labute approximate surface area is 147 Å². The minimum atomic E-state index is -0.410. The SMILES string of the molecule is CCOC(CCNCCC(OCC)(OCC)[SiH2]C)(OCC)[SiH2]C. The smallest absolute Gasteiger partial charge is 0.145 e. The van der Waals surface area contributed by atoms with E-state index in [1.807, 2.05) is 27.7 Å². The molecule has 0 aromatic rings. The maximum Gasteiger partial charge on any atom is 0.145 e. The van der Waals surface area contributed by atoms with Crippen LogP contribution in [0.3, 0.4) is 0 Å². The molecule has 0 amide bonds. The van der Waals surface area contributed by atoms with E-state index in [0.717, 1.165) is 25.9 Å². The molecule has 0 atom stereocenters. The van der Waals surface area contributed by atoms with Gasteiger partial charge in [-0.05, 0) is 40.8 Å². The normalized spacial score (nSPS) is 13.8. The molecule has 0 fully saturated rings. The number of nitrogens with one attached hydrogen (secondary N) is 1. The molecule has 0 aliphatic rings. The average molecular weight is 366 g/mol. The standard InChI is InChI=1S/C16H39NO4Si2/c1-7-18-15(22-5,19-8-2)11-13-17-14-12-16(23-6,20-9-3)21-10-4/h17H,7-14,22-23H2,1-6H3. The Bertz CT molecular complexity index is 245. The zero-order valence-electron chi connectivity index (χ0n) is 16.2. The summed E-state index contributed by atoms with van der Waals surface area (Å²) in [5, 5.41) is 3.52. The van der Waals surface area contributed by atoms with Crippen molar-refractivity contribution in [2.75, 3.05) is 39.5 Å². The highest BCUT2D eigenvalue weighted by Gasteiger charge is 2.30. The topological polar surface area (TPSA) is 49.0 Å². The summed E-state index contributed by atoms with van der Waals surface area (Å²) < 4.78 is 23.7. The summed E-state index contributed by atoms with van der Waals surface area (Å²) in [6.45, 7) is 17.3. The molecule has 0 unspecified atom stereocenters. The Hall–Kier alpha value is 0.234. The zero-order valence-corrected chi connectivity index (χ0v) is 19.0. The number of rotatable bonds is 16. The van der Waals surface area contributed by atoms with Gasteiger partial charge in [0.15, 0.2) is 0 Å². The molecule has 0 aliphatic heterocycles. The fourth-order valence-electron chi connectivity index (χ4n) is 2.87. The van der Waals surface area contributed by atoms with Gasteiger partial charge in [-0.1, -0.05) is 13.1 Å². The molecule has 0 aromatic carbocycles. The lowest BCUT2D eigenvalue weighted by molar-refractivity contribution is -0.181. The van der Waals surface area contributed by atoms with Gasteiger partial charge in [-0.15, -0.1) is 0 Å². The first-order valence-corrected chi connectivity index (χ1v) is 13.6. The van der Waals surface area contributed by atoms with E-state index in [9.17, 15) is 0 Å². The van der Waals surface area contributed by atoms with E-state index in [1.165, 1.54) is 0 Å². The first kappa shape index (κ1) is 23.2. The fraction of sp³-hybridized carbons (Fsp3) is 1.00. The Morgan fingerprint density at radius 1 is 0.652 bits per heavy atom. The highest BCUT2D eigenvalue weighted by atomic mass is 28.2. The Morgan fingerprint density at radius 2 is 0.957 bits per heavy atom. The summed E-state index contributed by atoms with van der Waals surface area (Å²) in [7, 11) is -0.820. The molecule has 1 N–H and O–H groups in total. The molecule has 0 saturated heterocycles. The molecule has 0 aromatic heterocycles. The second-order valence-electron chi connectivity index (χ2n) is 5.51. The third-order valence-corrected chi connectivity index (χ3v) is 7.75. The first-order chi connectivity index (χ1) is 11.1. The van der Waals surface area contributed by atoms with Gasteiger partial charge in [0.25, 0.3) is 0 Å². The van der Waals surface area contributed by atoms with E-state index in [0.29, 0.717) is 26.4 Å². The minimum Gasteiger partial charge on any atom is -0.355 e. The molecule has 23 heavy (non-hydrogen) atoms. The molecule has 0 bridgehead atoms. The largest absolute Gasteiger partial charge is 0.355 e. The van der Waals surface area contributed by atoms with Crippen LogP contribution in [0.25, 0.3) is 0 Å². The molecule has 0 radical (unpaired) electrons. The van der Waals surface area contributed by atoms with Gasteiger partial charge >= 0.3 is 0 Å². The maximum atomic E-state index is 5.92. The summed E-state index contributed by atoms with van der Waals surface area (Å²) in [6.07, 6.45) is 1.83. The molecule has 0 saturated carbocycles. The lowest BCUT2D eigenvalue weighted by Gasteiger charge is -2.34. The number of hydrogen-bond donors (Lipinski definition) is 1. The van der Waals surface area contributed by atoms with Crippen LogP contribution in [0.4, 0.5) is 0 Å². The van der Waals surface area contributed by atoms with Crippen LogP contribution in [0.1, 0.15) is 40.5 Å². The van der Waals surface area contributed by atoms with Crippen molar-refractivity contribution in [3.8, 4) is 0 Å². The highest BCUT2D eigenvalue weighted by molar-refractivity contribution is 6.37. The van der Waals surface area contributed by atoms with Gasteiger partial charge < -0.3 is 24.3 Å². The van der Waals surface area contributed by atoms with Crippen molar-refractivity contribution in [1.82, 2.24) is 5.32 Å². The molecule has 7 heteroatoms. The zero-order chi connectivity index (χ0) is 17.6. The lowest BCUT2D eigenvalue weighted by Crippen LogP contribution is -2.46. The van der Waals surface area contributed by atoms with E-state index in [-0.39, 0.29) is 10.8 Å². The van der Waals surface area contributed by atoms with E-state index >= 15 is 0 Å². The Balaban J connectivity index is 4.30. The molecule has 0 heterocycles. The van der Waals surface area contributed by atoms with Gasteiger partial charge in [0, 0.05) is 39.3 Å². The molecule has 0 rings (SSSR count). The molecular formula is C16H39NO4Si2. The van der Waals surface area contributed by atoms with Crippen LogP contribution >= 0.6 is 0 Å². The van der Waals surface area contributed by atoms with E-state index in [1.54, 1.807) is 0 Å². The summed E-state index contributed by atoms with van der Waals surface area (Å²) in [4.78, 5) is 0. The van der Waals surface area contributed by atoms with Crippen LogP contribution in [0.15, 0.2) is 0 Å². The first-order valence-electron chi connectivity index (χ1n) is 9.34. The summed E-state index contributed by atoms with van der Waals surface area (Å²) in [6, 6.07) is 0. The van der Waals surface area contributed by atoms with Crippen molar-refractivity contribution in [3.63, 3.8) is 0 Å². The van der Waals surface area contributed by atoms with Crippen molar-refractivity contribution >= 4 is 19.0 Å². The molecule has 0 spiro atoms. The predicted molar refractivity (Wildman–Crippen MR) is 103 cm³/mol. The van der Waals surface area contributed by atoms with Gasteiger partial charge in [-0.25, -0.2) is 0 Å². The predicted octanol–water partition coefficient (Wildman–Crippen LogP) is 1.24. The highest BCUT2D eigenvalue weighted by Crippen LogP contribution is 2.18. The molecular weight excluding hydrogens is 326 g/mol. The van der Waals surface area contributed by atoms with Crippen LogP contribution in [-0.2, 0) is 18.9 Å². The fourth-order valence-corrected chi connectivity index (χ4v) is 5.56. The third kappa shape index (κ3) is 8.76. The van der Waals surface area contributed by atoms with E-state index in [4.69, 9.17) is 18.9 Å². The van der Waals surface area contributed by atoms with Crippen molar-refractivity contribution in [1.29, 1.82) is 0 Å². The van der Waals surface area contributed by atoms with Crippen molar-refractivity contribution in [2.45, 2.75) is 64.5 Å². The van der Waals surface area contributed by atoms with Crippen LogP contribution < -0.4 is 5.32 Å². The number of ether oxygens (including phenoxy) is 4. The van der Waals surface area contributed by atoms with Gasteiger partial charge in [0.05, 0.1) is 19.0 Å². The van der Waals surface area contributed by atoms with E-state index in [2.05, 4.69) is 18.4 Å². The molecule has 140 valence electrons. The van der Waals surface area contributed by atoms with Crippen LogP contribution in [0.2, 0.25) is 13.1 Å². The van der Waals surface area contributed by atoms with E-state index < -0.39 is 19.0 Å². The second kappa shape index (κ2) is 13.5. The summed E-state index contributed by atoms with van der Waals surface area (Å²) in [5.74, 6) is 0. The summed E-state index contributed by atoms with van der Waals surface area (Å²) in [5.41, 5.74) is -0.625. The quantitative estimate of drug-likeness (QED) is 0.253. The van der Waals surface area contributed by atoms with Gasteiger partial charge in [-0.2, -0.15) is 0 Å².